The summed E-state index contributed by atoms with van der Waals surface area (Å²) in [4.78, 5) is 35.6. The topological polar surface area (TPSA) is 141 Å². The Morgan fingerprint density at radius 1 is 0.880 bits per heavy atom. The number of methoxy groups -OCH3 is 1. The van der Waals surface area contributed by atoms with Gasteiger partial charge in [-0.1, -0.05) is 59.6 Å². The summed E-state index contributed by atoms with van der Waals surface area (Å²) in [5.41, 5.74) is 5.98. The molecule has 4 aliphatic heterocycles. The fraction of sp³-hybridized carbons (Fsp3) is 0.417. The Kier molecular flexibility index (Phi) is 8.65. The van der Waals surface area contributed by atoms with Gasteiger partial charge in [-0.05, 0) is 6.42 Å². The van der Waals surface area contributed by atoms with E-state index >= 15 is 0 Å². The minimum atomic E-state index is -0.412. The molecule has 6 heterocycles. The maximum absolute atomic E-state index is 11.7. The average molecular weight is 717 g/mol. The van der Waals surface area contributed by atoms with Crippen molar-refractivity contribution in [2.75, 3.05) is 58.7 Å². The molecular formula is C36H39Cl2N9O3. The number of anilines is 1. The lowest BCUT2D eigenvalue weighted by Crippen LogP contribution is -2.56. The molecule has 2 spiro atoms. The van der Waals surface area contributed by atoms with E-state index in [2.05, 4.69) is 25.8 Å². The zero-order valence-electron chi connectivity index (χ0n) is 28.0. The van der Waals surface area contributed by atoms with E-state index in [1.54, 1.807) is 19.5 Å². The number of aromatic nitrogens is 4. The lowest BCUT2D eigenvalue weighted by atomic mass is 9.79. The van der Waals surface area contributed by atoms with E-state index in [4.69, 9.17) is 47.9 Å². The summed E-state index contributed by atoms with van der Waals surface area (Å²) < 4.78 is 5.67. The van der Waals surface area contributed by atoms with Gasteiger partial charge in [-0.2, -0.15) is 0 Å². The van der Waals surface area contributed by atoms with Gasteiger partial charge in [0.2, 0.25) is 11.8 Å². The number of aliphatic hydroxyl groups excluding tert-OH is 1. The fourth-order valence-electron chi connectivity index (χ4n) is 8.09. The van der Waals surface area contributed by atoms with Crippen LogP contribution in [0.5, 0.6) is 5.88 Å². The van der Waals surface area contributed by atoms with Gasteiger partial charge in [-0.25, -0.2) is 9.97 Å². The maximum atomic E-state index is 11.7. The predicted molar refractivity (Wildman–Crippen MR) is 192 cm³/mol. The molecule has 50 heavy (non-hydrogen) atoms. The first-order valence-corrected chi connectivity index (χ1v) is 17.6. The van der Waals surface area contributed by atoms with Crippen LogP contribution in [0.4, 0.5) is 5.82 Å². The Morgan fingerprint density at radius 3 is 2.02 bits per heavy atom. The molecule has 0 saturated carbocycles. The minimum absolute atomic E-state index is 0.0346. The molecule has 0 bridgehead atoms. The zero-order valence-corrected chi connectivity index (χ0v) is 29.5. The number of nitrogens with one attached hydrogen (secondary N) is 3. The number of amides is 1. The molecule has 0 aliphatic carbocycles. The number of benzene rings is 2. The summed E-state index contributed by atoms with van der Waals surface area (Å²) in [6.45, 7) is 6.33. The summed E-state index contributed by atoms with van der Waals surface area (Å²) in [5.74, 6) is 1.27. The van der Waals surface area contributed by atoms with Crippen LogP contribution in [0.25, 0.3) is 33.6 Å². The second kappa shape index (κ2) is 13.0. The van der Waals surface area contributed by atoms with Crippen LogP contribution in [0.3, 0.4) is 0 Å². The Morgan fingerprint density at radius 2 is 1.46 bits per heavy atom. The molecule has 4 aromatic rings. The number of halogens is 2. The number of ether oxygens (including phenoxy) is 1. The molecular weight excluding hydrogens is 677 g/mol. The summed E-state index contributed by atoms with van der Waals surface area (Å²) in [7, 11) is 3.43. The highest BCUT2D eigenvalue weighted by Gasteiger charge is 2.49. The second-order valence-corrected chi connectivity index (χ2v) is 14.9. The van der Waals surface area contributed by atoms with Crippen LogP contribution >= 0.6 is 23.2 Å². The van der Waals surface area contributed by atoms with E-state index in [-0.39, 0.29) is 16.7 Å². The number of nitrogens with zero attached hydrogens (tertiary/aromatic N) is 6. The molecule has 1 atom stereocenters. The molecule has 1 amide bonds. The summed E-state index contributed by atoms with van der Waals surface area (Å²) in [6.07, 6.45) is 4.44. The molecule has 2 aromatic carbocycles. The highest BCUT2D eigenvalue weighted by atomic mass is 35.5. The molecule has 12 nitrogen and oxygen atoms in total. The SMILES string of the molecule is CNc1nc(-c2cccc(-c3cccc(-c4cnc(CN5CC6(CNC(=O)C6)C5)c(OC)n4)c3Cl)c2Cl)cnc1CN1CC2(CNC(O)C2)C1. The van der Waals surface area contributed by atoms with E-state index in [1.807, 2.05) is 43.4 Å². The van der Waals surface area contributed by atoms with Crippen molar-refractivity contribution in [1.29, 1.82) is 0 Å². The highest BCUT2D eigenvalue weighted by molar-refractivity contribution is 6.39. The molecule has 0 radical (unpaired) electrons. The zero-order chi connectivity index (χ0) is 34.6. The number of rotatable bonds is 9. The molecule has 2 aromatic heterocycles. The quantitative estimate of drug-likeness (QED) is 0.200. The first-order valence-electron chi connectivity index (χ1n) is 16.8. The lowest BCUT2D eigenvalue weighted by Gasteiger charge is -2.47. The van der Waals surface area contributed by atoms with Crippen molar-refractivity contribution in [2.45, 2.75) is 32.2 Å². The van der Waals surface area contributed by atoms with Gasteiger partial charge in [0.05, 0.1) is 46.6 Å². The van der Waals surface area contributed by atoms with Crippen LogP contribution < -0.4 is 20.7 Å². The van der Waals surface area contributed by atoms with Gasteiger partial charge < -0.3 is 20.5 Å². The standard InChI is InChI=1S/C36H39Cl2N9O3/c1-39-33-27(13-46-17-35(18-46)9-29(48)42-15-35)40-11-25(44-33)23-7-3-5-21(31(23)37)22-6-4-8-24(32(22)38)26-12-41-28(34(45-26)50-2)14-47-19-36(20-47)10-30(49)43-16-36/h3-8,11-12,29,42,48H,9-10,13-20H2,1-2H3,(H,39,44)(H,43,49). The van der Waals surface area contributed by atoms with E-state index in [0.29, 0.717) is 58.2 Å². The van der Waals surface area contributed by atoms with Crippen molar-refractivity contribution in [3.05, 3.63) is 70.2 Å². The van der Waals surface area contributed by atoms with Crippen molar-refractivity contribution in [2.24, 2.45) is 10.8 Å². The van der Waals surface area contributed by atoms with E-state index in [0.717, 1.165) is 73.8 Å². The second-order valence-electron chi connectivity index (χ2n) is 14.2. The van der Waals surface area contributed by atoms with E-state index < -0.39 is 6.23 Å². The molecule has 4 saturated heterocycles. The number of hydrogen-bond acceptors (Lipinski definition) is 11. The van der Waals surface area contributed by atoms with Gasteiger partial charge in [-0.15, -0.1) is 0 Å². The monoisotopic (exact) mass is 715 g/mol. The number of likely N-dealkylation sites (tertiary alicyclic amines) is 2. The predicted octanol–water partition coefficient (Wildman–Crippen LogP) is 4.06. The molecule has 14 heteroatoms. The lowest BCUT2D eigenvalue weighted by molar-refractivity contribution is -0.120. The van der Waals surface area contributed by atoms with Crippen LogP contribution in [-0.2, 0) is 17.9 Å². The van der Waals surface area contributed by atoms with E-state index in [9.17, 15) is 9.90 Å². The molecule has 4 N–H and O–H groups in total. The van der Waals surface area contributed by atoms with Gasteiger partial charge >= 0.3 is 0 Å². The summed E-state index contributed by atoms with van der Waals surface area (Å²) >= 11 is 14.2. The van der Waals surface area contributed by atoms with Crippen LogP contribution in [0.15, 0.2) is 48.8 Å². The highest BCUT2D eigenvalue weighted by Crippen LogP contribution is 2.43. The first kappa shape index (κ1) is 33.2. The van der Waals surface area contributed by atoms with Crippen LogP contribution in [0.2, 0.25) is 10.0 Å². The first-order chi connectivity index (χ1) is 24.2. The van der Waals surface area contributed by atoms with E-state index in [1.165, 1.54) is 0 Å². The van der Waals surface area contributed by atoms with Crippen LogP contribution in [-0.4, -0.2) is 100 Å². The number of carbonyl (C=O) groups excluding carboxylic acids is 1. The minimum Gasteiger partial charge on any atom is -0.480 e. The largest absolute Gasteiger partial charge is 0.480 e. The molecule has 4 fully saturated rings. The van der Waals surface area contributed by atoms with Crippen LogP contribution in [0.1, 0.15) is 24.2 Å². The number of hydrogen-bond donors (Lipinski definition) is 4. The molecule has 4 aliphatic rings. The van der Waals surface area contributed by atoms with Crippen molar-refractivity contribution in [1.82, 2.24) is 40.4 Å². The Balaban J connectivity index is 1.01. The normalized spacial score (nSPS) is 20.9. The summed E-state index contributed by atoms with van der Waals surface area (Å²) in [6, 6.07) is 11.6. The van der Waals surface area contributed by atoms with Crippen molar-refractivity contribution >= 4 is 34.9 Å². The van der Waals surface area contributed by atoms with Gasteiger partial charge in [0.1, 0.15) is 17.7 Å². The Hall–Kier alpha value is -3.91. The van der Waals surface area contributed by atoms with Crippen molar-refractivity contribution < 1.29 is 14.6 Å². The maximum Gasteiger partial charge on any atom is 0.237 e. The smallest absolute Gasteiger partial charge is 0.237 e. The fourth-order valence-corrected chi connectivity index (χ4v) is 8.74. The third-order valence-corrected chi connectivity index (χ3v) is 11.3. The van der Waals surface area contributed by atoms with Gasteiger partial charge in [0.15, 0.2) is 0 Å². The van der Waals surface area contributed by atoms with Crippen LogP contribution in [0, 0.1) is 10.8 Å². The van der Waals surface area contributed by atoms with Crippen molar-refractivity contribution in [3.63, 3.8) is 0 Å². The third kappa shape index (κ3) is 6.07. The Labute approximate surface area is 300 Å². The number of carbonyl (C=O) groups is 1. The van der Waals surface area contributed by atoms with Gasteiger partial charge in [-0.3, -0.25) is 29.9 Å². The van der Waals surface area contributed by atoms with Crippen molar-refractivity contribution in [3.8, 4) is 39.5 Å². The average Bonchev–Trinajstić information content (AvgIpc) is 3.68. The molecule has 260 valence electrons. The molecule has 1 unspecified atom stereocenters. The molecule has 8 rings (SSSR count). The number of aliphatic hydroxyl groups is 1. The third-order valence-electron chi connectivity index (χ3n) is 10.4. The summed E-state index contributed by atoms with van der Waals surface area (Å²) in [5, 5.41) is 20.2. The van der Waals surface area contributed by atoms with Gasteiger partial charge in [0.25, 0.3) is 0 Å². The van der Waals surface area contributed by atoms with Gasteiger partial charge in [0, 0.05) is 98.9 Å². The Bertz CT molecular complexity index is 1970.